The summed E-state index contributed by atoms with van der Waals surface area (Å²) in [5.74, 6) is 0. The minimum Gasteiger partial charge on any atom is -0.323 e. The van der Waals surface area contributed by atoms with Gasteiger partial charge in [0.1, 0.15) is 6.29 Å². The van der Waals surface area contributed by atoms with Gasteiger partial charge < -0.3 is 15.8 Å². The quantitative estimate of drug-likeness (QED) is 0.509. The third-order valence-corrected chi connectivity index (χ3v) is 1.82. The molecule has 0 aliphatic carbocycles. The number of nitrogens with one attached hydrogen (secondary N) is 1. The van der Waals surface area contributed by atoms with Gasteiger partial charge in [-0.2, -0.15) is 0 Å². The third kappa shape index (κ3) is 3.36. The van der Waals surface area contributed by atoms with Gasteiger partial charge in [-0.05, 0) is 5.56 Å². The van der Waals surface area contributed by atoms with E-state index in [1.54, 1.807) is 0 Å². The van der Waals surface area contributed by atoms with Crippen LogP contribution in [-0.4, -0.2) is 19.4 Å². The van der Waals surface area contributed by atoms with E-state index in [-0.39, 0.29) is 6.04 Å². The second-order valence-electron chi connectivity index (χ2n) is 2.84. The zero-order chi connectivity index (χ0) is 9.52. The van der Waals surface area contributed by atoms with Gasteiger partial charge in [0.2, 0.25) is 0 Å². The highest BCUT2D eigenvalue weighted by atomic mass is 16.1. The minimum atomic E-state index is -0.0406. The maximum absolute atomic E-state index is 10.0. The molecule has 3 heteroatoms. The van der Waals surface area contributed by atoms with Crippen LogP contribution in [0.1, 0.15) is 11.6 Å². The molecule has 0 heterocycles. The summed E-state index contributed by atoms with van der Waals surface area (Å²) in [6, 6.07) is 9.78. The van der Waals surface area contributed by atoms with E-state index in [1.165, 1.54) is 0 Å². The number of nitrogens with two attached hydrogens (primary N) is 1. The van der Waals surface area contributed by atoms with Gasteiger partial charge in [-0.15, -0.1) is 0 Å². The van der Waals surface area contributed by atoms with Crippen molar-refractivity contribution >= 4 is 6.29 Å². The molecule has 0 aliphatic rings. The number of hydrogen-bond donors (Lipinski definition) is 2. The van der Waals surface area contributed by atoms with E-state index in [0.29, 0.717) is 13.1 Å². The van der Waals surface area contributed by atoms with Crippen LogP contribution in [0, 0.1) is 0 Å². The monoisotopic (exact) mass is 178 g/mol. The molecule has 0 spiro atoms. The first-order chi connectivity index (χ1) is 6.34. The lowest BCUT2D eigenvalue weighted by Crippen LogP contribution is -2.28. The first kappa shape index (κ1) is 9.89. The molecule has 0 bridgehead atoms. The van der Waals surface area contributed by atoms with Crippen molar-refractivity contribution < 1.29 is 4.79 Å². The van der Waals surface area contributed by atoms with Gasteiger partial charge >= 0.3 is 0 Å². The van der Waals surface area contributed by atoms with Gasteiger partial charge in [0.15, 0.2) is 0 Å². The number of carbonyl (C=O) groups is 1. The lowest BCUT2D eigenvalue weighted by Gasteiger charge is -2.11. The molecule has 70 valence electrons. The van der Waals surface area contributed by atoms with Crippen molar-refractivity contribution in [2.24, 2.45) is 5.73 Å². The predicted octanol–water partition coefficient (Wildman–Crippen LogP) is 0.475. The molecule has 0 fully saturated rings. The summed E-state index contributed by atoms with van der Waals surface area (Å²) in [6.45, 7) is 0.989. The van der Waals surface area contributed by atoms with E-state index < -0.39 is 0 Å². The van der Waals surface area contributed by atoms with E-state index >= 15 is 0 Å². The maximum Gasteiger partial charge on any atom is 0.133 e. The number of aldehydes is 1. The zero-order valence-electron chi connectivity index (χ0n) is 7.44. The van der Waals surface area contributed by atoms with Gasteiger partial charge in [0.25, 0.3) is 0 Å². The fraction of sp³-hybridized carbons (Fsp3) is 0.300. The molecule has 1 unspecified atom stereocenters. The van der Waals surface area contributed by atoms with Crippen LogP contribution in [0.4, 0.5) is 0 Å². The Balaban J connectivity index is 2.39. The SMILES string of the molecule is NC(CNCC=O)c1ccccc1. The van der Waals surface area contributed by atoms with Crippen LogP contribution in [0.5, 0.6) is 0 Å². The molecular formula is C10H14N2O. The number of carbonyl (C=O) groups excluding carboxylic acids is 1. The molecular weight excluding hydrogens is 164 g/mol. The van der Waals surface area contributed by atoms with Crippen LogP contribution >= 0.6 is 0 Å². The van der Waals surface area contributed by atoms with Crippen LogP contribution in [0.25, 0.3) is 0 Å². The summed E-state index contributed by atoms with van der Waals surface area (Å²) in [7, 11) is 0. The van der Waals surface area contributed by atoms with Crippen LogP contribution in [-0.2, 0) is 4.79 Å². The molecule has 0 saturated carbocycles. The molecule has 0 aromatic heterocycles. The molecule has 1 rings (SSSR count). The molecule has 13 heavy (non-hydrogen) atoms. The average molecular weight is 178 g/mol. The van der Waals surface area contributed by atoms with Gasteiger partial charge in [-0.3, -0.25) is 0 Å². The molecule has 1 atom stereocenters. The van der Waals surface area contributed by atoms with E-state index in [1.807, 2.05) is 30.3 Å². The van der Waals surface area contributed by atoms with Crippen molar-refractivity contribution in [2.45, 2.75) is 6.04 Å². The Morgan fingerprint density at radius 1 is 1.38 bits per heavy atom. The van der Waals surface area contributed by atoms with Gasteiger partial charge in [-0.25, -0.2) is 0 Å². The first-order valence-electron chi connectivity index (χ1n) is 4.29. The molecule has 0 radical (unpaired) electrons. The Labute approximate surface area is 77.9 Å². The largest absolute Gasteiger partial charge is 0.323 e. The third-order valence-electron chi connectivity index (χ3n) is 1.82. The number of benzene rings is 1. The molecule has 3 nitrogen and oxygen atoms in total. The van der Waals surface area contributed by atoms with E-state index in [0.717, 1.165) is 11.8 Å². The molecule has 0 saturated heterocycles. The normalized spacial score (nSPS) is 12.4. The Bertz CT molecular complexity index is 248. The molecule has 3 N–H and O–H groups in total. The van der Waals surface area contributed by atoms with Crippen molar-refractivity contribution in [3.05, 3.63) is 35.9 Å². The van der Waals surface area contributed by atoms with Crippen molar-refractivity contribution in [3.63, 3.8) is 0 Å². The summed E-state index contributed by atoms with van der Waals surface area (Å²) >= 11 is 0. The predicted molar refractivity (Wildman–Crippen MR) is 52.3 cm³/mol. The van der Waals surface area contributed by atoms with Crippen molar-refractivity contribution in [1.82, 2.24) is 5.32 Å². The molecule has 0 aliphatic heterocycles. The van der Waals surface area contributed by atoms with Crippen LogP contribution in [0.3, 0.4) is 0 Å². The highest BCUT2D eigenvalue weighted by Gasteiger charge is 2.02. The fourth-order valence-corrected chi connectivity index (χ4v) is 1.12. The second-order valence-corrected chi connectivity index (χ2v) is 2.84. The highest BCUT2D eigenvalue weighted by Crippen LogP contribution is 2.07. The number of hydrogen-bond acceptors (Lipinski definition) is 3. The van der Waals surface area contributed by atoms with Crippen LogP contribution in [0.2, 0.25) is 0 Å². The Morgan fingerprint density at radius 3 is 2.69 bits per heavy atom. The Morgan fingerprint density at radius 2 is 2.08 bits per heavy atom. The fourth-order valence-electron chi connectivity index (χ4n) is 1.12. The first-order valence-corrected chi connectivity index (χ1v) is 4.29. The standard InChI is InChI=1S/C10H14N2O/c11-10(8-12-6-7-13)9-4-2-1-3-5-9/h1-5,7,10,12H,6,8,11H2. The Kier molecular flexibility index (Phi) is 4.15. The minimum absolute atomic E-state index is 0.0406. The average Bonchev–Trinajstić information content (AvgIpc) is 2.19. The lowest BCUT2D eigenvalue weighted by molar-refractivity contribution is -0.107. The summed E-state index contributed by atoms with van der Waals surface area (Å²) < 4.78 is 0. The van der Waals surface area contributed by atoms with Crippen LogP contribution in [0.15, 0.2) is 30.3 Å². The second kappa shape index (κ2) is 5.45. The lowest BCUT2D eigenvalue weighted by atomic mass is 10.1. The highest BCUT2D eigenvalue weighted by molar-refractivity contribution is 5.51. The van der Waals surface area contributed by atoms with Gasteiger partial charge in [-0.1, -0.05) is 30.3 Å². The van der Waals surface area contributed by atoms with Crippen molar-refractivity contribution in [3.8, 4) is 0 Å². The smallest absolute Gasteiger partial charge is 0.133 e. The van der Waals surface area contributed by atoms with E-state index in [2.05, 4.69) is 5.32 Å². The number of rotatable bonds is 5. The van der Waals surface area contributed by atoms with E-state index in [9.17, 15) is 4.79 Å². The van der Waals surface area contributed by atoms with Crippen molar-refractivity contribution in [1.29, 1.82) is 0 Å². The summed E-state index contributed by atoms with van der Waals surface area (Å²) in [5, 5.41) is 2.94. The molecule has 1 aromatic carbocycles. The summed E-state index contributed by atoms with van der Waals surface area (Å²) in [6.07, 6.45) is 0.831. The summed E-state index contributed by atoms with van der Waals surface area (Å²) in [5.41, 5.74) is 6.94. The summed E-state index contributed by atoms with van der Waals surface area (Å²) in [4.78, 5) is 10.0. The maximum atomic E-state index is 10.0. The molecule has 0 amide bonds. The van der Waals surface area contributed by atoms with Gasteiger partial charge in [0.05, 0.1) is 6.54 Å². The van der Waals surface area contributed by atoms with Crippen molar-refractivity contribution in [2.75, 3.05) is 13.1 Å². The van der Waals surface area contributed by atoms with E-state index in [4.69, 9.17) is 5.73 Å². The molecule has 1 aromatic rings. The topological polar surface area (TPSA) is 55.1 Å². The zero-order valence-corrected chi connectivity index (χ0v) is 7.44. The van der Waals surface area contributed by atoms with Crippen LogP contribution < -0.4 is 11.1 Å². The van der Waals surface area contributed by atoms with Gasteiger partial charge in [0, 0.05) is 12.6 Å². The Hall–Kier alpha value is -1.19.